The van der Waals surface area contributed by atoms with Gasteiger partial charge in [-0.15, -0.1) is 0 Å². The molecule has 0 radical (unpaired) electrons. The lowest BCUT2D eigenvalue weighted by molar-refractivity contribution is 0.104. The smallest absolute Gasteiger partial charge is 0.195 e. The number of H-pyrrole nitrogens is 1. The number of imidazole rings is 1. The number of nitrogens with one attached hydrogen (secondary N) is 1. The van der Waals surface area contributed by atoms with Gasteiger partial charge in [-0.1, -0.05) is 36.4 Å². The lowest BCUT2D eigenvalue weighted by atomic mass is 10.0. The number of carbonyl (C=O) groups excluding carboxylic acids is 1. The number of para-hydroxylation sites is 1. The number of rotatable bonds is 2. The first kappa shape index (κ1) is 10.7. The Morgan fingerprint density at radius 3 is 2.61 bits per heavy atom. The highest BCUT2D eigenvalue weighted by molar-refractivity contribution is 6.15. The summed E-state index contributed by atoms with van der Waals surface area (Å²) in [6.45, 7) is 1.89. The van der Waals surface area contributed by atoms with Gasteiger partial charge in [-0.3, -0.25) is 4.79 Å². The quantitative estimate of drug-likeness (QED) is 0.695. The largest absolute Gasteiger partial charge is 0.342 e. The number of aromatic nitrogens is 2. The van der Waals surface area contributed by atoms with Crippen molar-refractivity contribution in [2.75, 3.05) is 0 Å². The summed E-state index contributed by atoms with van der Waals surface area (Å²) in [7, 11) is 0. The molecule has 0 atom stereocenters. The predicted octanol–water partition coefficient (Wildman–Crippen LogP) is 3.10. The fourth-order valence-electron chi connectivity index (χ4n) is 2.08. The zero-order chi connectivity index (χ0) is 12.5. The highest BCUT2D eigenvalue weighted by Gasteiger charge is 2.14. The van der Waals surface area contributed by atoms with E-state index in [9.17, 15) is 4.79 Å². The molecule has 0 aliphatic rings. The van der Waals surface area contributed by atoms with E-state index in [-0.39, 0.29) is 5.78 Å². The average Bonchev–Trinajstić information content (AvgIpc) is 2.79. The van der Waals surface area contributed by atoms with Crippen LogP contribution < -0.4 is 0 Å². The Morgan fingerprint density at radius 1 is 1.06 bits per heavy atom. The molecule has 0 unspecified atom stereocenters. The summed E-state index contributed by atoms with van der Waals surface area (Å²) in [5.41, 5.74) is 2.96. The second kappa shape index (κ2) is 4.11. The van der Waals surface area contributed by atoms with Crippen LogP contribution in [0.2, 0.25) is 0 Å². The number of aromatic amines is 1. The molecule has 0 aliphatic heterocycles. The molecule has 0 amide bonds. The number of hydrogen-bond donors (Lipinski definition) is 1. The molecule has 0 spiro atoms. The fourth-order valence-corrected chi connectivity index (χ4v) is 2.08. The first-order valence-corrected chi connectivity index (χ1v) is 5.81. The first-order chi connectivity index (χ1) is 8.75. The third kappa shape index (κ3) is 1.70. The third-order valence-electron chi connectivity index (χ3n) is 2.91. The maximum atomic E-state index is 12.4. The van der Waals surface area contributed by atoms with Crippen molar-refractivity contribution in [1.29, 1.82) is 0 Å². The van der Waals surface area contributed by atoms with Crippen molar-refractivity contribution >= 4 is 16.8 Å². The normalized spacial score (nSPS) is 10.7. The Balaban J connectivity index is 2.18. The maximum Gasteiger partial charge on any atom is 0.195 e. The summed E-state index contributed by atoms with van der Waals surface area (Å²) in [5, 5.41) is 0. The van der Waals surface area contributed by atoms with Crippen LogP contribution in [0.3, 0.4) is 0 Å². The predicted molar refractivity (Wildman–Crippen MR) is 70.7 cm³/mol. The molecule has 0 fully saturated rings. The van der Waals surface area contributed by atoms with Crippen molar-refractivity contribution in [3.8, 4) is 0 Å². The fraction of sp³-hybridized carbons (Fsp3) is 0.0667. The number of fused-ring (bicyclic) bond motifs is 1. The molecule has 0 bridgehead atoms. The molecule has 1 heterocycles. The average molecular weight is 236 g/mol. The topological polar surface area (TPSA) is 45.8 Å². The van der Waals surface area contributed by atoms with Crippen LogP contribution in [0, 0.1) is 6.92 Å². The van der Waals surface area contributed by atoms with Gasteiger partial charge in [0.2, 0.25) is 0 Å². The molecule has 3 aromatic rings. The van der Waals surface area contributed by atoms with Crippen molar-refractivity contribution in [2.24, 2.45) is 0 Å². The van der Waals surface area contributed by atoms with Crippen LogP contribution in [0.15, 0.2) is 48.5 Å². The van der Waals surface area contributed by atoms with Gasteiger partial charge in [0, 0.05) is 5.56 Å². The van der Waals surface area contributed by atoms with E-state index in [0.717, 1.165) is 16.9 Å². The molecular formula is C15H12N2O. The molecule has 3 rings (SSSR count). The van der Waals surface area contributed by atoms with Crippen LogP contribution >= 0.6 is 0 Å². The monoisotopic (exact) mass is 236 g/mol. The number of aryl methyl sites for hydroxylation is 1. The SMILES string of the molecule is Cc1nc2c(C(=O)c3ccccc3)cccc2[nH]1. The van der Waals surface area contributed by atoms with Crippen LogP contribution in [-0.4, -0.2) is 15.8 Å². The second-order valence-corrected chi connectivity index (χ2v) is 4.22. The summed E-state index contributed by atoms with van der Waals surface area (Å²) < 4.78 is 0. The standard InChI is InChI=1S/C15H12N2O/c1-10-16-13-9-5-8-12(14(13)17-10)15(18)11-6-3-2-4-7-11/h2-9H,1H3,(H,16,17). The van der Waals surface area contributed by atoms with E-state index < -0.39 is 0 Å². The van der Waals surface area contributed by atoms with Gasteiger partial charge in [0.1, 0.15) is 5.82 Å². The van der Waals surface area contributed by atoms with E-state index in [1.165, 1.54) is 0 Å². The highest BCUT2D eigenvalue weighted by Crippen LogP contribution is 2.19. The summed E-state index contributed by atoms with van der Waals surface area (Å²) in [5.74, 6) is 0.825. The minimum Gasteiger partial charge on any atom is -0.342 e. The lowest BCUT2D eigenvalue weighted by Gasteiger charge is -2.01. The summed E-state index contributed by atoms with van der Waals surface area (Å²) in [4.78, 5) is 19.9. The van der Waals surface area contributed by atoms with Crippen LogP contribution in [0.1, 0.15) is 21.7 Å². The van der Waals surface area contributed by atoms with Gasteiger partial charge in [0.25, 0.3) is 0 Å². The van der Waals surface area contributed by atoms with E-state index in [1.807, 2.05) is 55.5 Å². The number of hydrogen-bond acceptors (Lipinski definition) is 2. The van der Waals surface area contributed by atoms with Crippen LogP contribution in [0.4, 0.5) is 0 Å². The molecular weight excluding hydrogens is 224 g/mol. The van der Waals surface area contributed by atoms with Crippen molar-refractivity contribution in [3.63, 3.8) is 0 Å². The van der Waals surface area contributed by atoms with E-state index in [2.05, 4.69) is 9.97 Å². The van der Waals surface area contributed by atoms with Crippen molar-refractivity contribution in [2.45, 2.75) is 6.92 Å². The van der Waals surface area contributed by atoms with Gasteiger partial charge >= 0.3 is 0 Å². The molecule has 18 heavy (non-hydrogen) atoms. The van der Waals surface area contributed by atoms with Gasteiger partial charge in [-0.25, -0.2) is 4.98 Å². The second-order valence-electron chi connectivity index (χ2n) is 4.22. The molecule has 0 aliphatic carbocycles. The van der Waals surface area contributed by atoms with E-state index >= 15 is 0 Å². The molecule has 3 nitrogen and oxygen atoms in total. The van der Waals surface area contributed by atoms with Crippen molar-refractivity contribution < 1.29 is 4.79 Å². The number of ketones is 1. The molecule has 1 aromatic heterocycles. The number of nitrogens with zero attached hydrogens (tertiary/aromatic N) is 1. The Labute approximate surface area is 104 Å². The first-order valence-electron chi connectivity index (χ1n) is 5.81. The van der Waals surface area contributed by atoms with E-state index in [0.29, 0.717) is 11.1 Å². The van der Waals surface area contributed by atoms with Gasteiger partial charge in [0.15, 0.2) is 5.78 Å². The Morgan fingerprint density at radius 2 is 1.83 bits per heavy atom. The Bertz CT molecular complexity index is 714. The molecule has 1 N–H and O–H groups in total. The minimum atomic E-state index is 0.00713. The van der Waals surface area contributed by atoms with Gasteiger partial charge < -0.3 is 4.98 Å². The van der Waals surface area contributed by atoms with Crippen LogP contribution in [0.5, 0.6) is 0 Å². The van der Waals surface area contributed by atoms with Crippen molar-refractivity contribution in [3.05, 3.63) is 65.5 Å². The Hall–Kier alpha value is -2.42. The Kier molecular flexibility index (Phi) is 2.45. The van der Waals surface area contributed by atoms with Gasteiger partial charge in [-0.2, -0.15) is 0 Å². The van der Waals surface area contributed by atoms with Crippen LogP contribution in [-0.2, 0) is 0 Å². The van der Waals surface area contributed by atoms with Gasteiger partial charge in [-0.05, 0) is 19.1 Å². The molecule has 88 valence electrons. The van der Waals surface area contributed by atoms with E-state index in [1.54, 1.807) is 0 Å². The zero-order valence-corrected chi connectivity index (χ0v) is 9.97. The zero-order valence-electron chi connectivity index (χ0n) is 9.97. The number of benzene rings is 2. The molecule has 0 saturated carbocycles. The number of carbonyl (C=O) groups is 1. The molecule has 0 saturated heterocycles. The lowest BCUT2D eigenvalue weighted by Crippen LogP contribution is -2.01. The third-order valence-corrected chi connectivity index (χ3v) is 2.91. The molecule has 3 heteroatoms. The summed E-state index contributed by atoms with van der Waals surface area (Å²) in [6.07, 6.45) is 0. The van der Waals surface area contributed by atoms with Gasteiger partial charge in [0.05, 0.1) is 16.6 Å². The van der Waals surface area contributed by atoms with Crippen LogP contribution in [0.25, 0.3) is 11.0 Å². The van der Waals surface area contributed by atoms with Crippen molar-refractivity contribution in [1.82, 2.24) is 9.97 Å². The summed E-state index contributed by atoms with van der Waals surface area (Å²) in [6, 6.07) is 14.9. The minimum absolute atomic E-state index is 0.00713. The van der Waals surface area contributed by atoms with E-state index in [4.69, 9.17) is 0 Å². The maximum absolute atomic E-state index is 12.4. The molecule has 2 aromatic carbocycles. The highest BCUT2D eigenvalue weighted by atomic mass is 16.1. The summed E-state index contributed by atoms with van der Waals surface area (Å²) >= 11 is 0.